The van der Waals surface area contributed by atoms with Gasteiger partial charge in [0.1, 0.15) is 23.0 Å². The third kappa shape index (κ3) is 7.04. The Kier molecular flexibility index (Phi) is 11.2. The van der Waals surface area contributed by atoms with E-state index in [2.05, 4.69) is 19.9 Å². The number of ketones is 3. The summed E-state index contributed by atoms with van der Waals surface area (Å²) >= 11 is 0. The van der Waals surface area contributed by atoms with Crippen LogP contribution < -0.4 is 0 Å². The molecule has 11 atom stereocenters. The van der Waals surface area contributed by atoms with Gasteiger partial charge < -0.3 is 19.3 Å². The van der Waals surface area contributed by atoms with Crippen LogP contribution in [0.3, 0.4) is 0 Å². The quantitative estimate of drug-likeness (QED) is 0.239. The number of esters is 1. The van der Waals surface area contributed by atoms with Crippen LogP contribution in [-0.2, 0) is 33.4 Å². The average Bonchev–Trinajstić information content (AvgIpc) is 3.41. The molecule has 0 aromatic rings. The van der Waals surface area contributed by atoms with Crippen LogP contribution in [0.5, 0.6) is 0 Å². The Morgan fingerprint density at radius 1 is 0.918 bits per heavy atom. The van der Waals surface area contributed by atoms with E-state index in [0.29, 0.717) is 25.7 Å². The van der Waals surface area contributed by atoms with Crippen LogP contribution >= 0.6 is 0 Å². The number of hydrogen-bond acceptors (Lipinski definition) is 8. The van der Waals surface area contributed by atoms with E-state index in [1.165, 1.54) is 7.11 Å². The lowest BCUT2D eigenvalue weighted by Gasteiger charge is -2.51. The number of rotatable bonds is 2. The molecular weight excluding hydrogens is 620 g/mol. The van der Waals surface area contributed by atoms with Gasteiger partial charge in [0, 0.05) is 42.9 Å². The van der Waals surface area contributed by atoms with Crippen molar-refractivity contribution < 1.29 is 38.5 Å². The van der Waals surface area contributed by atoms with Crippen LogP contribution in [0, 0.1) is 40.9 Å². The van der Waals surface area contributed by atoms with E-state index in [4.69, 9.17) is 14.2 Å². The average molecular weight is 683 g/mol. The Morgan fingerprint density at radius 2 is 1.63 bits per heavy atom. The van der Waals surface area contributed by atoms with Crippen molar-refractivity contribution in [3.05, 3.63) is 22.8 Å². The highest BCUT2D eigenvalue weighted by Gasteiger charge is 2.62. The van der Waals surface area contributed by atoms with E-state index >= 15 is 0 Å². The molecule has 3 aliphatic heterocycles. The van der Waals surface area contributed by atoms with Gasteiger partial charge in [-0.05, 0) is 84.5 Å². The first-order chi connectivity index (χ1) is 23.0. The first-order valence-electron chi connectivity index (χ1n) is 19.0. The fraction of sp³-hybridized carbons (Fsp3) is 0.805. The number of fused-ring (bicyclic) bond motifs is 9. The molecule has 5 aliphatic rings. The SMILES string of the molecule is COC(=O)[C@]12CC(=O)[C@H](C(C)C)CC(=O)[C@H](C)CCC[C@H](C)CC(=O)[C@H]1CC(C)=C1C[C@H](O)[C@]3(C)O[C@@H](CC/C(C)=C/[C@@H]12)[C@]1(C)CC[C@H]3O1. The molecule has 3 heterocycles. The van der Waals surface area contributed by atoms with Gasteiger partial charge in [0.2, 0.25) is 0 Å². The van der Waals surface area contributed by atoms with E-state index in [1.54, 1.807) is 0 Å². The summed E-state index contributed by atoms with van der Waals surface area (Å²) in [6.07, 6.45) is 6.79. The molecule has 2 saturated heterocycles. The Hall–Kier alpha value is -2.16. The molecule has 2 aliphatic carbocycles. The van der Waals surface area contributed by atoms with E-state index in [9.17, 15) is 24.3 Å². The number of aliphatic hydroxyl groups is 1. The third-order valence-corrected chi connectivity index (χ3v) is 13.5. The zero-order chi connectivity index (χ0) is 36.1. The zero-order valence-corrected chi connectivity index (χ0v) is 31.6. The first-order valence-corrected chi connectivity index (χ1v) is 19.0. The molecule has 1 N–H and O–H groups in total. The zero-order valence-electron chi connectivity index (χ0n) is 31.6. The maximum Gasteiger partial charge on any atom is 0.313 e. The molecule has 8 nitrogen and oxygen atoms in total. The summed E-state index contributed by atoms with van der Waals surface area (Å²) in [4.78, 5) is 57.4. The second kappa shape index (κ2) is 14.5. The smallest absolute Gasteiger partial charge is 0.313 e. The molecular formula is C41H62O8. The molecule has 3 fully saturated rings. The largest absolute Gasteiger partial charge is 0.469 e. The van der Waals surface area contributed by atoms with Gasteiger partial charge in [-0.3, -0.25) is 19.2 Å². The topological polar surface area (TPSA) is 116 Å². The van der Waals surface area contributed by atoms with Gasteiger partial charge in [-0.15, -0.1) is 0 Å². The minimum absolute atomic E-state index is 0.0166. The van der Waals surface area contributed by atoms with Crippen molar-refractivity contribution in [2.45, 2.75) is 162 Å². The molecule has 0 aromatic carbocycles. The summed E-state index contributed by atoms with van der Waals surface area (Å²) in [6.45, 7) is 16.0. The van der Waals surface area contributed by atoms with Gasteiger partial charge in [-0.1, -0.05) is 63.3 Å². The molecule has 0 radical (unpaired) electrons. The lowest BCUT2D eigenvalue weighted by atomic mass is 9.53. The molecule has 0 spiro atoms. The number of carbonyl (C=O) groups excluding carboxylic acids is 4. The molecule has 1 saturated carbocycles. The van der Waals surface area contributed by atoms with Crippen LogP contribution in [-0.4, -0.2) is 65.0 Å². The molecule has 8 heteroatoms. The fourth-order valence-electron chi connectivity index (χ4n) is 10.0. The van der Waals surface area contributed by atoms with Gasteiger partial charge in [-0.25, -0.2) is 0 Å². The van der Waals surface area contributed by atoms with Crippen molar-refractivity contribution >= 4 is 23.3 Å². The molecule has 49 heavy (non-hydrogen) atoms. The summed E-state index contributed by atoms with van der Waals surface area (Å²) in [5, 5.41) is 12.2. The van der Waals surface area contributed by atoms with Crippen molar-refractivity contribution in [2.75, 3.05) is 7.11 Å². The predicted octanol–water partition coefficient (Wildman–Crippen LogP) is 7.29. The maximum atomic E-state index is 14.7. The number of carbonyl (C=O) groups is 4. The van der Waals surface area contributed by atoms with E-state index in [-0.39, 0.29) is 66.6 Å². The van der Waals surface area contributed by atoms with Crippen LogP contribution in [0.1, 0.15) is 132 Å². The Balaban J connectivity index is 1.70. The van der Waals surface area contributed by atoms with Crippen molar-refractivity contribution in [3.63, 3.8) is 0 Å². The van der Waals surface area contributed by atoms with Gasteiger partial charge in [-0.2, -0.15) is 0 Å². The molecule has 274 valence electrons. The third-order valence-electron chi connectivity index (χ3n) is 13.5. The summed E-state index contributed by atoms with van der Waals surface area (Å²) in [7, 11) is 1.34. The first kappa shape index (κ1) is 38.1. The second-order valence-electron chi connectivity index (χ2n) is 17.4. The Labute approximate surface area is 294 Å². The van der Waals surface area contributed by atoms with E-state index in [0.717, 1.165) is 48.8 Å². The van der Waals surface area contributed by atoms with E-state index in [1.807, 2.05) is 41.5 Å². The monoisotopic (exact) mass is 682 g/mol. The minimum Gasteiger partial charge on any atom is -0.469 e. The fourth-order valence-corrected chi connectivity index (χ4v) is 10.0. The Morgan fingerprint density at radius 3 is 2.31 bits per heavy atom. The van der Waals surface area contributed by atoms with Crippen molar-refractivity contribution in [1.82, 2.24) is 0 Å². The summed E-state index contributed by atoms with van der Waals surface area (Å²) < 4.78 is 19.1. The summed E-state index contributed by atoms with van der Waals surface area (Å²) in [5.41, 5.74) is -0.0540. The lowest BCUT2D eigenvalue weighted by Crippen LogP contribution is -2.62. The second-order valence-corrected chi connectivity index (χ2v) is 17.4. The molecule has 0 unspecified atom stereocenters. The number of allylic oxidation sites excluding steroid dienone is 3. The van der Waals surface area contributed by atoms with Crippen LogP contribution in [0.2, 0.25) is 0 Å². The highest BCUT2D eigenvalue weighted by atomic mass is 16.6. The number of ether oxygens (including phenoxy) is 3. The number of hydrogen-bond donors (Lipinski definition) is 1. The summed E-state index contributed by atoms with van der Waals surface area (Å²) in [5.74, 6) is -2.92. The van der Waals surface area contributed by atoms with Gasteiger partial charge in [0.15, 0.2) is 0 Å². The number of aliphatic hydroxyl groups excluding tert-OH is 1. The molecule has 0 amide bonds. The highest BCUT2D eigenvalue weighted by Crippen LogP contribution is 2.57. The minimum atomic E-state index is -1.52. The van der Waals surface area contributed by atoms with Gasteiger partial charge in [0.25, 0.3) is 0 Å². The van der Waals surface area contributed by atoms with Crippen LogP contribution in [0.15, 0.2) is 22.8 Å². The standard InChI is InChI=1S/C41H62O8/c1-23(2)28-20-32(42)26(5)12-10-11-24(3)18-33(43)31-19-27(6)29-21-35(45)40(8)37-15-16-39(7,48-37)36(49-40)14-13-25(4)17-30(29)41(31,22-34(28)44)38(46)47-9/h17,23-24,26,28,30-31,35-37,45H,10-16,18-22H2,1-9H3/b25-17+/t24-,26+,28-,30-,31+,35-,36-,37+,39-,40-,41-/m0/s1. The van der Waals surface area contributed by atoms with Crippen LogP contribution in [0.4, 0.5) is 0 Å². The number of methoxy groups -OCH3 is 1. The van der Waals surface area contributed by atoms with Crippen LogP contribution in [0.25, 0.3) is 0 Å². The molecule has 4 bridgehead atoms. The normalized spacial score (nSPS) is 43.9. The molecule has 5 rings (SSSR count). The maximum absolute atomic E-state index is 14.7. The highest BCUT2D eigenvalue weighted by molar-refractivity contribution is 5.97. The van der Waals surface area contributed by atoms with Crippen molar-refractivity contribution in [2.24, 2.45) is 40.9 Å². The van der Waals surface area contributed by atoms with E-state index < -0.39 is 46.4 Å². The predicted molar refractivity (Wildman–Crippen MR) is 188 cm³/mol. The summed E-state index contributed by atoms with van der Waals surface area (Å²) in [6, 6.07) is 0. The van der Waals surface area contributed by atoms with Gasteiger partial charge >= 0.3 is 5.97 Å². The van der Waals surface area contributed by atoms with Crippen molar-refractivity contribution in [3.8, 4) is 0 Å². The Bertz CT molecular complexity index is 1380. The lowest BCUT2D eigenvalue weighted by molar-refractivity contribution is -0.296. The van der Waals surface area contributed by atoms with Gasteiger partial charge in [0.05, 0.1) is 36.4 Å². The van der Waals surface area contributed by atoms with Crippen molar-refractivity contribution in [1.29, 1.82) is 0 Å². The number of Topliss-reactive ketones (excluding diaryl/α,β-unsaturated/α-hetero) is 3. The molecule has 0 aromatic heterocycles.